The number of nitrogen functional groups attached to an aromatic ring is 1. The van der Waals surface area contributed by atoms with E-state index in [1.807, 2.05) is 0 Å². The highest BCUT2D eigenvalue weighted by Gasteiger charge is 2.20. The molecule has 0 aromatic heterocycles. The summed E-state index contributed by atoms with van der Waals surface area (Å²) in [6.07, 6.45) is -1.83. The van der Waals surface area contributed by atoms with Crippen LogP contribution in [0.5, 0.6) is 0 Å². The summed E-state index contributed by atoms with van der Waals surface area (Å²) in [5, 5.41) is 19.5. The predicted octanol–water partition coefficient (Wildman–Crippen LogP) is -0.202. The van der Waals surface area contributed by atoms with Crippen LogP contribution in [0.1, 0.15) is 28.4 Å². The van der Waals surface area contributed by atoms with Gasteiger partial charge in [-0.05, 0) is 30.7 Å². The minimum atomic E-state index is -1.11. The van der Waals surface area contributed by atoms with Crippen molar-refractivity contribution >= 4 is 11.7 Å². The van der Waals surface area contributed by atoms with Crippen LogP contribution in [0.3, 0.4) is 0 Å². The standard InChI is InChI=1S/C12H18N2O4/c1-18-12(17)8-6-7(2-3-9(8)14)11(16)10(15)4-5-13/h2-3,6,10-11,15-16H,4-5,13-14H2,1H3. The van der Waals surface area contributed by atoms with Crippen molar-refractivity contribution in [3.63, 3.8) is 0 Å². The smallest absolute Gasteiger partial charge is 0.339 e. The highest BCUT2D eigenvalue weighted by atomic mass is 16.5. The number of methoxy groups -OCH3 is 1. The van der Waals surface area contributed by atoms with Crippen LogP contribution in [-0.4, -0.2) is 35.9 Å². The summed E-state index contributed by atoms with van der Waals surface area (Å²) >= 11 is 0. The topological polar surface area (TPSA) is 119 Å². The van der Waals surface area contributed by atoms with E-state index in [0.717, 1.165) is 0 Å². The second-order valence-electron chi connectivity index (χ2n) is 3.93. The molecule has 0 amide bonds. The van der Waals surface area contributed by atoms with Gasteiger partial charge in [0.25, 0.3) is 0 Å². The Morgan fingerprint density at radius 3 is 2.67 bits per heavy atom. The summed E-state index contributed by atoms with van der Waals surface area (Å²) in [4.78, 5) is 11.4. The molecule has 0 bridgehead atoms. The van der Waals surface area contributed by atoms with Crippen LogP contribution in [0.4, 0.5) is 5.69 Å². The van der Waals surface area contributed by atoms with Gasteiger partial charge in [0.1, 0.15) is 6.10 Å². The summed E-state index contributed by atoms with van der Waals surface area (Å²) in [7, 11) is 1.24. The minimum Gasteiger partial charge on any atom is -0.465 e. The average Bonchev–Trinajstić information content (AvgIpc) is 2.38. The SMILES string of the molecule is COC(=O)c1cc(C(O)C(O)CCN)ccc1N. The molecular weight excluding hydrogens is 236 g/mol. The van der Waals surface area contributed by atoms with Gasteiger partial charge < -0.3 is 26.4 Å². The maximum atomic E-state index is 11.4. The zero-order valence-corrected chi connectivity index (χ0v) is 10.2. The van der Waals surface area contributed by atoms with Gasteiger partial charge in [0.2, 0.25) is 0 Å². The van der Waals surface area contributed by atoms with Gasteiger partial charge in [-0.1, -0.05) is 6.07 Å². The van der Waals surface area contributed by atoms with E-state index < -0.39 is 18.2 Å². The van der Waals surface area contributed by atoms with E-state index in [1.165, 1.54) is 19.2 Å². The number of hydrogen-bond donors (Lipinski definition) is 4. The number of rotatable bonds is 5. The largest absolute Gasteiger partial charge is 0.465 e. The fourth-order valence-corrected chi connectivity index (χ4v) is 1.60. The zero-order valence-electron chi connectivity index (χ0n) is 10.2. The molecule has 1 aromatic carbocycles. The predicted molar refractivity (Wildman–Crippen MR) is 66.8 cm³/mol. The van der Waals surface area contributed by atoms with Crippen LogP contribution in [-0.2, 0) is 4.74 Å². The van der Waals surface area contributed by atoms with Gasteiger partial charge in [0.15, 0.2) is 0 Å². The molecule has 0 aliphatic heterocycles. The molecular formula is C12H18N2O4. The summed E-state index contributed by atoms with van der Waals surface area (Å²) < 4.78 is 4.58. The van der Waals surface area contributed by atoms with Gasteiger partial charge in [0.05, 0.1) is 18.8 Å². The lowest BCUT2D eigenvalue weighted by Crippen LogP contribution is -2.22. The van der Waals surface area contributed by atoms with Crippen molar-refractivity contribution in [3.05, 3.63) is 29.3 Å². The summed E-state index contributed by atoms with van der Waals surface area (Å²) in [6.45, 7) is 0.261. The van der Waals surface area contributed by atoms with E-state index in [4.69, 9.17) is 11.5 Å². The molecule has 6 N–H and O–H groups in total. The van der Waals surface area contributed by atoms with E-state index in [-0.39, 0.29) is 24.2 Å². The molecule has 0 saturated heterocycles. The highest BCUT2D eigenvalue weighted by Crippen LogP contribution is 2.23. The Labute approximate surface area is 105 Å². The van der Waals surface area contributed by atoms with Gasteiger partial charge in [-0.2, -0.15) is 0 Å². The number of carbonyl (C=O) groups excluding carboxylic acids is 1. The van der Waals surface area contributed by atoms with Crippen molar-refractivity contribution in [1.82, 2.24) is 0 Å². The number of hydrogen-bond acceptors (Lipinski definition) is 6. The fourth-order valence-electron chi connectivity index (χ4n) is 1.60. The maximum Gasteiger partial charge on any atom is 0.339 e. The van der Waals surface area contributed by atoms with E-state index >= 15 is 0 Å². The number of ether oxygens (including phenoxy) is 1. The maximum absolute atomic E-state index is 11.4. The summed E-state index contributed by atoms with van der Waals surface area (Å²) in [5.41, 5.74) is 11.8. The van der Waals surface area contributed by atoms with Crippen molar-refractivity contribution in [3.8, 4) is 0 Å². The van der Waals surface area contributed by atoms with Gasteiger partial charge in [0, 0.05) is 5.69 Å². The van der Waals surface area contributed by atoms with Gasteiger partial charge in [-0.25, -0.2) is 4.79 Å². The van der Waals surface area contributed by atoms with Crippen LogP contribution in [0.15, 0.2) is 18.2 Å². The van der Waals surface area contributed by atoms with Crippen LogP contribution < -0.4 is 11.5 Å². The molecule has 6 nitrogen and oxygen atoms in total. The Balaban J connectivity index is 3.00. The first kappa shape index (κ1) is 14.4. The van der Waals surface area contributed by atoms with E-state index in [1.54, 1.807) is 6.07 Å². The van der Waals surface area contributed by atoms with Crippen LogP contribution in [0.25, 0.3) is 0 Å². The lowest BCUT2D eigenvalue weighted by atomic mass is 9.99. The van der Waals surface area contributed by atoms with Crippen LogP contribution in [0.2, 0.25) is 0 Å². The second-order valence-corrected chi connectivity index (χ2v) is 3.93. The van der Waals surface area contributed by atoms with E-state index in [9.17, 15) is 15.0 Å². The van der Waals surface area contributed by atoms with Gasteiger partial charge in [-0.3, -0.25) is 0 Å². The Kier molecular flexibility index (Phi) is 5.08. The third-order valence-corrected chi connectivity index (χ3v) is 2.65. The van der Waals surface area contributed by atoms with Gasteiger partial charge >= 0.3 is 5.97 Å². The molecule has 0 fully saturated rings. The molecule has 0 aliphatic rings. The molecule has 1 aromatic rings. The number of esters is 1. The first-order valence-electron chi connectivity index (χ1n) is 5.55. The van der Waals surface area contributed by atoms with E-state index in [0.29, 0.717) is 5.56 Å². The first-order chi connectivity index (χ1) is 8.51. The van der Waals surface area contributed by atoms with Gasteiger partial charge in [-0.15, -0.1) is 0 Å². The quantitative estimate of drug-likeness (QED) is 0.427. The number of nitrogens with two attached hydrogens (primary N) is 2. The highest BCUT2D eigenvalue weighted by molar-refractivity contribution is 5.95. The molecule has 100 valence electrons. The molecule has 0 aliphatic carbocycles. The zero-order chi connectivity index (χ0) is 13.7. The van der Waals surface area contributed by atoms with Crippen molar-refractivity contribution < 1.29 is 19.7 Å². The Bertz CT molecular complexity index is 423. The number of aliphatic hydroxyl groups excluding tert-OH is 2. The molecule has 0 radical (unpaired) electrons. The van der Waals surface area contributed by atoms with Crippen molar-refractivity contribution in [2.24, 2.45) is 5.73 Å². The van der Waals surface area contributed by atoms with E-state index in [2.05, 4.69) is 4.74 Å². The minimum absolute atomic E-state index is 0.161. The second kappa shape index (κ2) is 6.34. The lowest BCUT2D eigenvalue weighted by molar-refractivity contribution is 0.0149. The van der Waals surface area contributed by atoms with Crippen molar-refractivity contribution in [2.45, 2.75) is 18.6 Å². The molecule has 1 rings (SSSR count). The number of anilines is 1. The first-order valence-corrected chi connectivity index (χ1v) is 5.55. The molecule has 6 heteroatoms. The Hall–Kier alpha value is -1.63. The lowest BCUT2D eigenvalue weighted by Gasteiger charge is -2.18. The fraction of sp³-hybridized carbons (Fsp3) is 0.417. The molecule has 0 spiro atoms. The summed E-state index contributed by atoms with van der Waals surface area (Å²) in [6, 6.07) is 4.44. The monoisotopic (exact) mass is 254 g/mol. The number of aliphatic hydroxyl groups is 2. The molecule has 0 saturated carbocycles. The Morgan fingerprint density at radius 2 is 2.11 bits per heavy atom. The number of benzene rings is 1. The number of carbonyl (C=O) groups is 1. The molecule has 18 heavy (non-hydrogen) atoms. The van der Waals surface area contributed by atoms with Crippen molar-refractivity contribution in [2.75, 3.05) is 19.4 Å². The van der Waals surface area contributed by atoms with Crippen LogP contribution >= 0.6 is 0 Å². The third-order valence-electron chi connectivity index (χ3n) is 2.65. The van der Waals surface area contributed by atoms with Crippen LogP contribution in [0, 0.1) is 0 Å². The Morgan fingerprint density at radius 1 is 1.44 bits per heavy atom. The molecule has 2 atom stereocenters. The molecule has 2 unspecified atom stereocenters. The third kappa shape index (κ3) is 3.19. The van der Waals surface area contributed by atoms with Crippen molar-refractivity contribution in [1.29, 1.82) is 0 Å². The summed E-state index contributed by atoms with van der Waals surface area (Å²) in [5.74, 6) is -0.588. The molecule has 0 heterocycles. The normalized spacial score (nSPS) is 14.0. The average molecular weight is 254 g/mol.